The average molecular weight is 473 g/mol. The van der Waals surface area contributed by atoms with Crippen molar-refractivity contribution in [1.29, 1.82) is 0 Å². The van der Waals surface area contributed by atoms with Gasteiger partial charge in [0.15, 0.2) is 5.16 Å². The maximum absolute atomic E-state index is 12.5. The van der Waals surface area contributed by atoms with E-state index in [-0.39, 0.29) is 23.1 Å². The topological polar surface area (TPSA) is 84.3 Å². The number of hydrogen-bond acceptors (Lipinski definition) is 5. The number of carbonyl (C=O) groups excluding carboxylic acids is 1. The molecule has 1 aromatic heterocycles. The van der Waals surface area contributed by atoms with Gasteiger partial charge in [-0.3, -0.25) is 9.36 Å². The smallest absolute Gasteiger partial charge is 0.242 e. The summed E-state index contributed by atoms with van der Waals surface area (Å²) in [4.78, 5) is 17.0. The van der Waals surface area contributed by atoms with Crippen LogP contribution in [0.2, 0.25) is 0 Å². The Hall–Kier alpha value is -2.62. The highest BCUT2D eigenvalue weighted by Gasteiger charge is 2.21. The van der Waals surface area contributed by atoms with Crippen LogP contribution in [0.4, 0.5) is 0 Å². The Morgan fingerprint density at radius 3 is 2.47 bits per heavy atom. The van der Waals surface area contributed by atoms with Crippen molar-refractivity contribution in [3.63, 3.8) is 0 Å². The summed E-state index contributed by atoms with van der Waals surface area (Å²) in [6.07, 6.45) is 3.58. The van der Waals surface area contributed by atoms with Crippen LogP contribution in [0.25, 0.3) is 5.69 Å². The van der Waals surface area contributed by atoms with Gasteiger partial charge < -0.3 is 5.32 Å². The maximum atomic E-state index is 12.5. The number of hydrogen-bond donors (Lipinski definition) is 1. The lowest BCUT2D eigenvalue weighted by atomic mass is 10.0. The molecule has 0 aliphatic rings. The number of nitrogens with one attached hydrogen (secondary N) is 1. The zero-order valence-electron chi connectivity index (χ0n) is 18.6. The highest BCUT2D eigenvalue weighted by atomic mass is 32.2. The molecule has 1 N–H and O–H groups in total. The molecule has 32 heavy (non-hydrogen) atoms. The summed E-state index contributed by atoms with van der Waals surface area (Å²) >= 11 is 1.33. The molecule has 9 heteroatoms. The molecule has 0 bridgehead atoms. The number of imidazole rings is 1. The second-order valence-corrected chi connectivity index (χ2v) is 10.8. The minimum Gasteiger partial charge on any atom is -0.351 e. The monoisotopic (exact) mass is 472 g/mol. The lowest BCUT2D eigenvalue weighted by Crippen LogP contribution is -2.28. The zero-order valence-corrected chi connectivity index (χ0v) is 20.3. The molecule has 0 fully saturated rings. The SMILES string of the molecule is CC(C)c1ccc(-n2ccnc2SCC(=O)NCc2ccccc2S(=O)(=O)N(C)C)cc1. The van der Waals surface area contributed by atoms with E-state index in [4.69, 9.17) is 0 Å². The van der Waals surface area contributed by atoms with Crippen LogP contribution in [0.1, 0.15) is 30.9 Å². The van der Waals surface area contributed by atoms with Crippen molar-refractivity contribution in [2.24, 2.45) is 0 Å². The predicted molar refractivity (Wildman–Crippen MR) is 128 cm³/mol. The summed E-state index contributed by atoms with van der Waals surface area (Å²) in [5.41, 5.74) is 2.79. The summed E-state index contributed by atoms with van der Waals surface area (Å²) < 4.78 is 28.1. The first-order valence-corrected chi connectivity index (χ1v) is 12.7. The first-order chi connectivity index (χ1) is 15.2. The van der Waals surface area contributed by atoms with Crippen LogP contribution in [0, 0.1) is 0 Å². The van der Waals surface area contributed by atoms with Gasteiger partial charge in [-0.1, -0.05) is 55.9 Å². The number of nitrogens with zero attached hydrogens (tertiary/aromatic N) is 3. The zero-order chi connectivity index (χ0) is 23.3. The third kappa shape index (κ3) is 5.59. The van der Waals surface area contributed by atoms with Gasteiger partial charge in [-0.15, -0.1) is 0 Å². The summed E-state index contributed by atoms with van der Waals surface area (Å²) in [6.45, 7) is 4.44. The van der Waals surface area contributed by atoms with Crippen LogP contribution in [0.3, 0.4) is 0 Å². The Bertz CT molecular complexity index is 1170. The fourth-order valence-electron chi connectivity index (χ4n) is 3.09. The third-order valence-electron chi connectivity index (χ3n) is 4.98. The van der Waals surface area contributed by atoms with Crippen molar-refractivity contribution in [1.82, 2.24) is 19.2 Å². The first-order valence-electron chi connectivity index (χ1n) is 10.2. The van der Waals surface area contributed by atoms with E-state index >= 15 is 0 Å². The van der Waals surface area contributed by atoms with E-state index in [1.165, 1.54) is 31.4 Å². The number of thioether (sulfide) groups is 1. The lowest BCUT2D eigenvalue weighted by molar-refractivity contribution is -0.118. The highest BCUT2D eigenvalue weighted by Crippen LogP contribution is 2.23. The number of sulfonamides is 1. The molecule has 0 saturated carbocycles. The van der Waals surface area contributed by atoms with Crippen molar-refractivity contribution >= 4 is 27.7 Å². The van der Waals surface area contributed by atoms with Gasteiger partial charge in [0.25, 0.3) is 0 Å². The van der Waals surface area contributed by atoms with Gasteiger partial charge in [0.1, 0.15) is 0 Å². The van der Waals surface area contributed by atoms with Crippen molar-refractivity contribution in [2.75, 3.05) is 19.8 Å². The average Bonchev–Trinajstić information content (AvgIpc) is 3.25. The largest absolute Gasteiger partial charge is 0.351 e. The summed E-state index contributed by atoms with van der Waals surface area (Å²) in [5.74, 6) is 0.433. The van der Waals surface area contributed by atoms with Crippen molar-refractivity contribution in [3.8, 4) is 5.69 Å². The van der Waals surface area contributed by atoms with Crippen molar-refractivity contribution < 1.29 is 13.2 Å². The van der Waals surface area contributed by atoms with Gasteiger partial charge in [-0.2, -0.15) is 0 Å². The van der Waals surface area contributed by atoms with E-state index in [0.717, 1.165) is 9.99 Å². The standard InChI is InChI=1S/C23H28N4O3S2/c1-17(2)18-9-11-20(12-10-18)27-14-13-24-23(27)31-16-22(28)25-15-19-7-5-6-8-21(19)32(29,30)26(3)4/h5-14,17H,15-16H2,1-4H3,(H,25,28). The molecule has 3 aromatic rings. The number of amides is 1. The molecule has 0 aliphatic carbocycles. The quantitative estimate of drug-likeness (QED) is 0.481. The van der Waals surface area contributed by atoms with Gasteiger partial charge in [0, 0.05) is 38.7 Å². The van der Waals surface area contributed by atoms with Crippen LogP contribution >= 0.6 is 11.8 Å². The Kier molecular flexibility index (Phi) is 7.76. The molecule has 0 saturated heterocycles. The normalized spacial score (nSPS) is 11.8. The van der Waals surface area contributed by atoms with Crippen LogP contribution in [-0.2, 0) is 21.4 Å². The van der Waals surface area contributed by atoms with Crippen LogP contribution < -0.4 is 5.32 Å². The lowest BCUT2D eigenvalue weighted by Gasteiger charge is -2.15. The predicted octanol–water partition coefficient (Wildman–Crippen LogP) is 3.65. The summed E-state index contributed by atoms with van der Waals surface area (Å²) in [5, 5.41) is 3.53. The first kappa shape index (κ1) is 24.0. The highest BCUT2D eigenvalue weighted by molar-refractivity contribution is 7.99. The Balaban J connectivity index is 1.63. The van der Waals surface area contributed by atoms with Gasteiger partial charge in [-0.25, -0.2) is 17.7 Å². The Morgan fingerprint density at radius 2 is 1.81 bits per heavy atom. The van der Waals surface area contributed by atoms with Gasteiger partial charge in [0.2, 0.25) is 15.9 Å². The van der Waals surface area contributed by atoms with Gasteiger partial charge >= 0.3 is 0 Å². The molecule has 2 aromatic carbocycles. The van der Waals surface area contributed by atoms with Crippen molar-refractivity contribution in [2.45, 2.75) is 36.4 Å². The molecule has 0 aliphatic heterocycles. The van der Waals surface area contributed by atoms with Gasteiger partial charge in [0.05, 0.1) is 10.6 Å². The molecule has 0 unspecified atom stereocenters. The van der Waals surface area contributed by atoms with Crippen LogP contribution in [-0.4, -0.2) is 48.0 Å². The number of carbonyl (C=O) groups is 1. The molecule has 0 atom stereocenters. The minimum atomic E-state index is -3.58. The third-order valence-corrected chi connectivity index (χ3v) is 7.87. The van der Waals surface area contributed by atoms with E-state index < -0.39 is 10.0 Å². The molecule has 0 spiro atoms. The molecule has 7 nitrogen and oxygen atoms in total. The molecule has 1 heterocycles. The van der Waals surface area contributed by atoms with Crippen LogP contribution in [0.5, 0.6) is 0 Å². The molecule has 170 valence electrons. The van der Waals surface area contributed by atoms with Crippen LogP contribution in [0.15, 0.2) is 71.0 Å². The van der Waals surface area contributed by atoms with E-state index in [2.05, 4.69) is 36.3 Å². The summed E-state index contributed by atoms with van der Waals surface area (Å²) in [6, 6.07) is 15.0. The minimum absolute atomic E-state index is 0.133. The Morgan fingerprint density at radius 1 is 1.12 bits per heavy atom. The van der Waals surface area contributed by atoms with E-state index in [0.29, 0.717) is 16.6 Å². The Labute approximate surface area is 193 Å². The molecular formula is C23H28N4O3S2. The second kappa shape index (κ2) is 10.3. The summed E-state index contributed by atoms with van der Waals surface area (Å²) in [7, 11) is -0.613. The molecular weight excluding hydrogens is 444 g/mol. The number of benzene rings is 2. The van der Waals surface area contributed by atoms with Gasteiger partial charge in [-0.05, 0) is 35.2 Å². The molecule has 1 amide bonds. The number of aromatic nitrogens is 2. The number of rotatable bonds is 9. The fraction of sp³-hybridized carbons (Fsp3) is 0.304. The molecule has 3 rings (SSSR count). The maximum Gasteiger partial charge on any atom is 0.242 e. The van der Waals surface area contributed by atoms with Crippen molar-refractivity contribution in [3.05, 3.63) is 72.1 Å². The van der Waals surface area contributed by atoms with E-state index in [9.17, 15) is 13.2 Å². The molecule has 0 radical (unpaired) electrons. The van der Waals surface area contributed by atoms with E-state index in [1.807, 2.05) is 22.9 Å². The van der Waals surface area contributed by atoms with E-state index in [1.54, 1.807) is 30.5 Å². The second-order valence-electron chi connectivity index (χ2n) is 7.79. The fourth-order valence-corrected chi connectivity index (χ4v) is 5.00.